The summed E-state index contributed by atoms with van der Waals surface area (Å²) in [5, 5.41) is 10.5. The van der Waals surface area contributed by atoms with Crippen LogP contribution in [0.5, 0.6) is 0 Å². The van der Waals surface area contributed by atoms with Gasteiger partial charge in [-0.05, 0) is 62.4 Å². The molecule has 0 aliphatic heterocycles. The molecule has 0 radical (unpaired) electrons. The highest BCUT2D eigenvalue weighted by molar-refractivity contribution is 7.91. The summed E-state index contributed by atoms with van der Waals surface area (Å²) >= 11 is 0. The number of hydrogen-bond acceptors (Lipinski definition) is 4. The van der Waals surface area contributed by atoms with Crippen LogP contribution in [0.1, 0.15) is 27.8 Å². The summed E-state index contributed by atoms with van der Waals surface area (Å²) in [6, 6.07) is 0. The van der Waals surface area contributed by atoms with E-state index in [1.54, 1.807) is 13.8 Å². The Bertz CT molecular complexity index is 588. The molecule has 0 aliphatic rings. The molecule has 0 atom stereocenters. The molecule has 1 aromatic rings. The first-order valence-corrected chi connectivity index (χ1v) is 7.16. The summed E-state index contributed by atoms with van der Waals surface area (Å²) in [5.41, 5.74) is 4.00. The number of benzene rings is 1. The summed E-state index contributed by atoms with van der Waals surface area (Å²) in [7, 11) is -3.88. The van der Waals surface area contributed by atoms with Crippen molar-refractivity contribution >= 4 is 9.84 Å². The third kappa shape index (κ3) is 2.38. The van der Waals surface area contributed by atoms with Crippen molar-refractivity contribution in [2.45, 2.75) is 39.5 Å². The van der Waals surface area contributed by atoms with E-state index in [0.717, 1.165) is 16.7 Å². The average Bonchev–Trinajstić information content (AvgIpc) is 2.21. The second-order valence-electron chi connectivity index (χ2n) is 4.53. The predicted octanol–water partition coefficient (Wildman–Crippen LogP) is 2.24. The highest BCUT2D eigenvalue weighted by Gasteiger charge is 2.27. The fourth-order valence-corrected chi connectivity index (χ4v) is 3.78. The summed E-state index contributed by atoms with van der Waals surface area (Å²) in [6.07, 6.45) is 0. The van der Waals surface area contributed by atoms with E-state index in [2.05, 4.69) is 0 Å². The van der Waals surface area contributed by atoms with Gasteiger partial charge in [-0.15, -0.1) is 0 Å². The highest BCUT2D eigenvalue weighted by atomic mass is 32.2. The fraction of sp³-hybridized carbons (Fsp3) is 0.500. The van der Waals surface area contributed by atoms with Crippen LogP contribution in [0.25, 0.3) is 0 Å². The molecule has 6 heteroatoms. The molecular weight excluding hydrogens is 254 g/mol. The third-order valence-corrected chi connectivity index (χ3v) is 5.30. The summed E-state index contributed by atoms with van der Waals surface area (Å²) in [5.74, 6) is -1.06. The quantitative estimate of drug-likeness (QED) is 0.624. The second-order valence-corrected chi connectivity index (χ2v) is 6.43. The van der Waals surface area contributed by atoms with E-state index in [0.29, 0.717) is 11.1 Å². The first-order valence-electron chi connectivity index (χ1n) is 5.51. The molecule has 0 bridgehead atoms. The Hall–Kier alpha value is -1.43. The zero-order valence-corrected chi connectivity index (χ0v) is 12.0. The van der Waals surface area contributed by atoms with Gasteiger partial charge in [0.15, 0.2) is 0 Å². The van der Waals surface area contributed by atoms with Gasteiger partial charge in [-0.3, -0.25) is 10.1 Å². The smallest absolute Gasteiger partial charge is 0.263 e. The predicted molar refractivity (Wildman–Crippen MR) is 69.2 cm³/mol. The first-order chi connectivity index (χ1) is 8.09. The number of sulfone groups is 1. The topological polar surface area (TPSA) is 77.3 Å². The van der Waals surface area contributed by atoms with Crippen LogP contribution in [-0.4, -0.2) is 19.2 Å². The van der Waals surface area contributed by atoms with Crippen LogP contribution in [0.15, 0.2) is 4.90 Å². The molecule has 1 rings (SSSR count). The van der Waals surface area contributed by atoms with Gasteiger partial charge < -0.3 is 0 Å². The zero-order valence-electron chi connectivity index (χ0n) is 11.2. The van der Waals surface area contributed by atoms with E-state index in [1.165, 1.54) is 0 Å². The molecule has 5 nitrogen and oxygen atoms in total. The van der Waals surface area contributed by atoms with E-state index in [4.69, 9.17) is 0 Å². The number of nitro groups is 1. The lowest BCUT2D eigenvalue weighted by Crippen LogP contribution is -2.18. The normalized spacial score (nSPS) is 11.6. The van der Waals surface area contributed by atoms with Crippen molar-refractivity contribution in [2.75, 3.05) is 5.88 Å². The Kier molecular flexibility index (Phi) is 3.81. The largest absolute Gasteiger partial charge is 0.305 e. The van der Waals surface area contributed by atoms with Gasteiger partial charge in [0.2, 0.25) is 9.84 Å². The van der Waals surface area contributed by atoms with Crippen LogP contribution in [0.3, 0.4) is 0 Å². The minimum atomic E-state index is -3.88. The highest BCUT2D eigenvalue weighted by Crippen LogP contribution is 2.30. The lowest BCUT2D eigenvalue weighted by molar-refractivity contribution is -0.458. The van der Waals surface area contributed by atoms with Gasteiger partial charge >= 0.3 is 5.88 Å². The van der Waals surface area contributed by atoms with E-state index < -0.39 is 20.6 Å². The maximum Gasteiger partial charge on any atom is 0.305 e. The Labute approximate surface area is 107 Å². The first kappa shape index (κ1) is 14.6. The Balaban J connectivity index is 3.67. The molecule has 1 aromatic carbocycles. The van der Waals surface area contributed by atoms with Gasteiger partial charge in [0.1, 0.15) is 0 Å². The van der Waals surface area contributed by atoms with Crippen LogP contribution in [0, 0.1) is 44.7 Å². The summed E-state index contributed by atoms with van der Waals surface area (Å²) < 4.78 is 24.1. The fourth-order valence-electron chi connectivity index (χ4n) is 2.14. The molecule has 0 aromatic heterocycles. The Morgan fingerprint density at radius 1 is 0.889 bits per heavy atom. The van der Waals surface area contributed by atoms with Crippen LogP contribution < -0.4 is 0 Å². The Morgan fingerprint density at radius 2 is 1.22 bits per heavy atom. The van der Waals surface area contributed by atoms with Crippen molar-refractivity contribution in [3.8, 4) is 0 Å². The van der Waals surface area contributed by atoms with Gasteiger partial charge in [-0.2, -0.15) is 0 Å². The average molecular weight is 271 g/mol. The minimum absolute atomic E-state index is 0.111. The van der Waals surface area contributed by atoms with Gasteiger partial charge in [0.25, 0.3) is 0 Å². The van der Waals surface area contributed by atoms with Crippen molar-refractivity contribution in [1.29, 1.82) is 0 Å². The monoisotopic (exact) mass is 271 g/mol. The molecule has 0 unspecified atom stereocenters. The van der Waals surface area contributed by atoms with Gasteiger partial charge in [-0.1, -0.05) is 0 Å². The molecule has 0 amide bonds. The maximum absolute atomic E-state index is 12.1. The molecule has 18 heavy (non-hydrogen) atoms. The van der Waals surface area contributed by atoms with E-state index in [9.17, 15) is 18.5 Å². The van der Waals surface area contributed by atoms with Crippen molar-refractivity contribution in [1.82, 2.24) is 0 Å². The molecule has 0 saturated heterocycles. The standard InChI is InChI=1S/C12H17NO4S/c1-7-8(2)10(4)12(11(5)9(7)3)18(16,17)6-13(14)15/h6H2,1-5H3. The lowest BCUT2D eigenvalue weighted by atomic mass is 9.95. The summed E-state index contributed by atoms with van der Waals surface area (Å²) in [6.45, 7) is 8.99. The van der Waals surface area contributed by atoms with Crippen LogP contribution in [0.2, 0.25) is 0 Å². The van der Waals surface area contributed by atoms with Crippen LogP contribution in [-0.2, 0) is 9.84 Å². The molecule has 100 valence electrons. The van der Waals surface area contributed by atoms with Crippen LogP contribution in [0.4, 0.5) is 0 Å². The van der Waals surface area contributed by atoms with Gasteiger partial charge in [0.05, 0.1) is 4.90 Å². The van der Waals surface area contributed by atoms with Crippen LogP contribution >= 0.6 is 0 Å². The molecule has 0 saturated carbocycles. The molecule has 0 spiro atoms. The van der Waals surface area contributed by atoms with Gasteiger partial charge in [-0.25, -0.2) is 8.42 Å². The molecule has 0 N–H and O–H groups in total. The zero-order chi connectivity index (χ0) is 14.2. The van der Waals surface area contributed by atoms with Crippen molar-refractivity contribution in [2.24, 2.45) is 0 Å². The van der Waals surface area contributed by atoms with Crippen molar-refractivity contribution < 1.29 is 13.3 Å². The van der Waals surface area contributed by atoms with E-state index in [1.807, 2.05) is 20.8 Å². The third-order valence-electron chi connectivity index (χ3n) is 3.52. The second kappa shape index (κ2) is 4.68. The Morgan fingerprint density at radius 3 is 1.56 bits per heavy atom. The minimum Gasteiger partial charge on any atom is -0.263 e. The van der Waals surface area contributed by atoms with E-state index >= 15 is 0 Å². The number of rotatable bonds is 3. The maximum atomic E-state index is 12.1. The lowest BCUT2D eigenvalue weighted by Gasteiger charge is -2.17. The molecule has 0 aliphatic carbocycles. The number of nitrogens with zero attached hydrogens (tertiary/aromatic N) is 1. The molecule has 0 heterocycles. The van der Waals surface area contributed by atoms with Gasteiger partial charge in [0, 0.05) is 4.92 Å². The van der Waals surface area contributed by atoms with E-state index in [-0.39, 0.29) is 4.90 Å². The molecule has 0 fully saturated rings. The van der Waals surface area contributed by atoms with Crippen molar-refractivity contribution in [3.05, 3.63) is 37.9 Å². The van der Waals surface area contributed by atoms with Crippen molar-refractivity contribution in [3.63, 3.8) is 0 Å². The SMILES string of the molecule is Cc1c(C)c(C)c(S(=O)(=O)C[N+](=O)[O-])c(C)c1C. The number of hydrogen-bond donors (Lipinski definition) is 0. The summed E-state index contributed by atoms with van der Waals surface area (Å²) in [4.78, 5) is 9.78. The molecular formula is C12H17NO4S.